The SMILES string of the molecule is Cc1ccccc1CNC(=O)C1(C)Cn2nc(-c3ccco3)cc2C(=O)N1c1ccccc1C. The highest BCUT2D eigenvalue weighted by Crippen LogP contribution is 2.35. The van der Waals surface area contributed by atoms with E-state index in [-0.39, 0.29) is 18.4 Å². The standard InChI is InChI=1S/C27H26N4O3/c1-18-9-4-6-11-20(18)16-28-26(33)27(3)17-30-23(15-21(29-30)24-13-8-14-34-24)25(32)31(27)22-12-7-5-10-19(22)2/h4-15H,16-17H2,1-3H3,(H,28,33). The Labute approximate surface area is 198 Å². The fraction of sp³-hybridized carbons (Fsp3) is 0.222. The number of anilines is 1. The van der Waals surface area contributed by atoms with Crippen LogP contribution in [0.1, 0.15) is 34.1 Å². The van der Waals surface area contributed by atoms with E-state index in [1.807, 2.05) is 62.4 Å². The molecule has 1 aliphatic heterocycles. The second-order valence-electron chi connectivity index (χ2n) is 8.86. The smallest absolute Gasteiger partial charge is 0.277 e. The summed E-state index contributed by atoms with van der Waals surface area (Å²) in [5.41, 5.74) is 3.53. The van der Waals surface area contributed by atoms with Crippen molar-refractivity contribution in [3.05, 3.63) is 95.4 Å². The summed E-state index contributed by atoms with van der Waals surface area (Å²) in [7, 11) is 0. The van der Waals surface area contributed by atoms with Gasteiger partial charge in [-0.3, -0.25) is 19.2 Å². The number of fused-ring (bicyclic) bond motifs is 1. The van der Waals surface area contributed by atoms with E-state index < -0.39 is 5.54 Å². The number of hydrogen-bond donors (Lipinski definition) is 1. The minimum Gasteiger partial charge on any atom is -0.463 e. The first kappa shape index (κ1) is 21.7. The number of rotatable bonds is 5. The third kappa shape index (κ3) is 3.59. The van der Waals surface area contributed by atoms with E-state index >= 15 is 0 Å². The molecule has 0 saturated heterocycles. The molecule has 0 bridgehead atoms. The Morgan fingerprint density at radius 2 is 1.79 bits per heavy atom. The van der Waals surface area contributed by atoms with E-state index in [1.54, 1.807) is 41.0 Å². The Kier molecular flexibility index (Phi) is 5.32. The number of amides is 2. The zero-order chi connectivity index (χ0) is 23.9. The molecule has 7 heteroatoms. The number of furan rings is 1. The Bertz CT molecular complexity index is 1370. The van der Waals surface area contributed by atoms with Crippen LogP contribution < -0.4 is 10.2 Å². The van der Waals surface area contributed by atoms with Crippen molar-refractivity contribution >= 4 is 17.5 Å². The molecule has 0 spiro atoms. The Balaban J connectivity index is 1.55. The summed E-state index contributed by atoms with van der Waals surface area (Å²) in [6, 6.07) is 20.8. The Hall–Kier alpha value is -4.13. The van der Waals surface area contributed by atoms with E-state index in [0.717, 1.165) is 16.7 Å². The first-order chi connectivity index (χ1) is 16.4. The molecule has 2 aromatic heterocycles. The molecule has 0 aliphatic carbocycles. The van der Waals surface area contributed by atoms with Crippen molar-refractivity contribution in [2.24, 2.45) is 0 Å². The molecule has 2 aromatic carbocycles. The zero-order valence-electron chi connectivity index (χ0n) is 19.4. The van der Waals surface area contributed by atoms with Crippen LogP contribution in [0.5, 0.6) is 0 Å². The second kappa shape index (κ2) is 8.33. The lowest BCUT2D eigenvalue weighted by Gasteiger charge is -2.43. The molecular formula is C27H26N4O3. The van der Waals surface area contributed by atoms with Crippen molar-refractivity contribution in [2.45, 2.75) is 39.4 Å². The molecule has 172 valence electrons. The topological polar surface area (TPSA) is 80.4 Å². The van der Waals surface area contributed by atoms with Gasteiger partial charge >= 0.3 is 0 Å². The van der Waals surface area contributed by atoms with Crippen molar-refractivity contribution in [3.8, 4) is 11.5 Å². The van der Waals surface area contributed by atoms with Gasteiger partial charge in [-0.2, -0.15) is 5.10 Å². The van der Waals surface area contributed by atoms with Crippen molar-refractivity contribution < 1.29 is 14.0 Å². The van der Waals surface area contributed by atoms with Gasteiger partial charge in [0.1, 0.15) is 16.9 Å². The molecule has 0 radical (unpaired) electrons. The van der Waals surface area contributed by atoms with Gasteiger partial charge < -0.3 is 9.73 Å². The second-order valence-corrected chi connectivity index (χ2v) is 8.86. The van der Waals surface area contributed by atoms with E-state index in [0.29, 0.717) is 29.4 Å². The van der Waals surface area contributed by atoms with Crippen LogP contribution in [0.15, 0.2) is 77.4 Å². The van der Waals surface area contributed by atoms with E-state index in [4.69, 9.17) is 4.42 Å². The van der Waals surface area contributed by atoms with Gasteiger partial charge in [0.2, 0.25) is 5.91 Å². The summed E-state index contributed by atoms with van der Waals surface area (Å²) in [5.74, 6) is 0.0512. The van der Waals surface area contributed by atoms with Crippen LogP contribution in [0.3, 0.4) is 0 Å². The van der Waals surface area contributed by atoms with Gasteiger partial charge in [-0.25, -0.2) is 0 Å². The molecule has 2 amide bonds. The molecule has 34 heavy (non-hydrogen) atoms. The lowest BCUT2D eigenvalue weighted by atomic mass is 9.93. The number of carbonyl (C=O) groups is 2. The maximum absolute atomic E-state index is 13.9. The Morgan fingerprint density at radius 1 is 1.06 bits per heavy atom. The van der Waals surface area contributed by atoms with Gasteiger partial charge in [-0.05, 0) is 55.7 Å². The molecular weight excluding hydrogens is 428 g/mol. The predicted octanol–water partition coefficient (Wildman–Crippen LogP) is 4.50. The monoisotopic (exact) mass is 454 g/mol. The lowest BCUT2D eigenvalue weighted by molar-refractivity contribution is -0.126. The largest absolute Gasteiger partial charge is 0.463 e. The number of para-hydroxylation sites is 1. The number of aromatic nitrogens is 2. The summed E-state index contributed by atoms with van der Waals surface area (Å²) in [6.45, 7) is 6.33. The van der Waals surface area contributed by atoms with E-state index in [2.05, 4.69) is 10.4 Å². The highest BCUT2D eigenvalue weighted by Gasteiger charge is 2.49. The molecule has 0 fully saturated rings. The molecule has 4 aromatic rings. The molecule has 3 heterocycles. The lowest BCUT2D eigenvalue weighted by Crippen LogP contribution is -2.64. The molecule has 1 aliphatic rings. The predicted molar refractivity (Wildman–Crippen MR) is 129 cm³/mol. The molecule has 7 nitrogen and oxygen atoms in total. The van der Waals surface area contributed by atoms with Gasteiger partial charge in [-0.15, -0.1) is 0 Å². The number of nitrogens with one attached hydrogen (secondary N) is 1. The van der Waals surface area contributed by atoms with Crippen LogP contribution in [-0.4, -0.2) is 27.1 Å². The van der Waals surface area contributed by atoms with Gasteiger partial charge in [0.25, 0.3) is 5.91 Å². The van der Waals surface area contributed by atoms with Gasteiger partial charge in [-0.1, -0.05) is 42.5 Å². The van der Waals surface area contributed by atoms with Crippen LogP contribution in [0, 0.1) is 13.8 Å². The summed E-state index contributed by atoms with van der Waals surface area (Å²) in [6.07, 6.45) is 1.57. The third-order valence-electron chi connectivity index (χ3n) is 6.47. The van der Waals surface area contributed by atoms with Crippen LogP contribution in [0.2, 0.25) is 0 Å². The van der Waals surface area contributed by atoms with Crippen molar-refractivity contribution in [1.82, 2.24) is 15.1 Å². The first-order valence-corrected chi connectivity index (χ1v) is 11.2. The average Bonchev–Trinajstić information content (AvgIpc) is 3.49. The zero-order valence-corrected chi connectivity index (χ0v) is 19.4. The quantitative estimate of drug-likeness (QED) is 0.482. The molecule has 1 unspecified atom stereocenters. The maximum atomic E-state index is 13.9. The minimum absolute atomic E-state index is 0.211. The van der Waals surface area contributed by atoms with Crippen LogP contribution in [0.25, 0.3) is 11.5 Å². The number of nitrogens with zero attached hydrogens (tertiary/aromatic N) is 3. The maximum Gasteiger partial charge on any atom is 0.277 e. The number of carbonyl (C=O) groups excluding carboxylic acids is 2. The van der Waals surface area contributed by atoms with Gasteiger partial charge in [0, 0.05) is 18.3 Å². The van der Waals surface area contributed by atoms with Gasteiger partial charge in [0.05, 0.1) is 12.8 Å². The molecule has 1 atom stereocenters. The van der Waals surface area contributed by atoms with Crippen LogP contribution in [-0.2, 0) is 17.9 Å². The number of aryl methyl sites for hydroxylation is 2. The third-order valence-corrected chi connectivity index (χ3v) is 6.47. The summed E-state index contributed by atoms with van der Waals surface area (Å²) in [5, 5.41) is 7.66. The van der Waals surface area contributed by atoms with E-state index in [1.165, 1.54) is 0 Å². The Morgan fingerprint density at radius 3 is 2.50 bits per heavy atom. The number of hydrogen-bond acceptors (Lipinski definition) is 4. The molecule has 1 N–H and O–H groups in total. The average molecular weight is 455 g/mol. The summed E-state index contributed by atoms with van der Waals surface area (Å²) >= 11 is 0. The first-order valence-electron chi connectivity index (χ1n) is 11.2. The molecule has 5 rings (SSSR count). The van der Waals surface area contributed by atoms with Crippen LogP contribution in [0.4, 0.5) is 5.69 Å². The van der Waals surface area contributed by atoms with Crippen LogP contribution >= 0.6 is 0 Å². The highest BCUT2D eigenvalue weighted by atomic mass is 16.3. The van der Waals surface area contributed by atoms with Crippen molar-refractivity contribution in [1.29, 1.82) is 0 Å². The van der Waals surface area contributed by atoms with Gasteiger partial charge in [0.15, 0.2) is 5.76 Å². The fourth-order valence-corrected chi connectivity index (χ4v) is 4.49. The minimum atomic E-state index is -1.19. The van der Waals surface area contributed by atoms with Crippen molar-refractivity contribution in [2.75, 3.05) is 4.90 Å². The van der Waals surface area contributed by atoms with Crippen molar-refractivity contribution in [3.63, 3.8) is 0 Å². The molecule has 0 saturated carbocycles. The number of benzene rings is 2. The highest BCUT2D eigenvalue weighted by molar-refractivity contribution is 6.12. The fourth-order valence-electron chi connectivity index (χ4n) is 4.49. The summed E-state index contributed by atoms with van der Waals surface area (Å²) < 4.78 is 7.09. The normalized spacial score (nSPS) is 17.5. The summed E-state index contributed by atoms with van der Waals surface area (Å²) in [4.78, 5) is 29.2. The van der Waals surface area contributed by atoms with E-state index in [9.17, 15) is 9.59 Å².